The van der Waals surface area contributed by atoms with Crippen molar-refractivity contribution in [3.63, 3.8) is 0 Å². The van der Waals surface area contributed by atoms with Crippen LogP contribution in [0.5, 0.6) is 17.2 Å². The molecule has 1 N–H and O–H groups in total. The van der Waals surface area contributed by atoms with Gasteiger partial charge in [-0.15, -0.1) is 0 Å². The molecular weight excluding hydrogens is 354 g/mol. The molecular formula is C20H24ClNO4. The Labute approximate surface area is 159 Å². The van der Waals surface area contributed by atoms with Crippen LogP contribution in [0.15, 0.2) is 36.4 Å². The highest BCUT2D eigenvalue weighted by Crippen LogP contribution is 2.30. The van der Waals surface area contributed by atoms with Crippen LogP contribution in [0.3, 0.4) is 0 Å². The minimum Gasteiger partial charge on any atom is -0.495 e. The number of methoxy groups -OCH3 is 1. The molecule has 0 heterocycles. The predicted molar refractivity (Wildman–Crippen MR) is 104 cm³/mol. The number of halogens is 1. The van der Waals surface area contributed by atoms with E-state index in [1.54, 1.807) is 25.3 Å². The second-order valence-corrected chi connectivity index (χ2v) is 5.98. The molecule has 6 heteroatoms. The standard InChI is InChI=1S/C20H24ClNO4/c1-4-25-18-9-6-14(12-19(18)26-5-2)7-11-20(23)22-16-13-15(21)8-10-17(16)24-3/h6,8-10,12-13H,4-5,7,11H2,1-3H3,(H,22,23). The van der Waals surface area contributed by atoms with Gasteiger partial charge in [0.15, 0.2) is 11.5 Å². The van der Waals surface area contributed by atoms with Crippen molar-refractivity contribution >= 4 is 23.2 Å². The van der Waals surface area contributed by atoms with Crippen LogP contribution in [0, 0.1) is 0 Å². The Morgan fingerprint density at radius 3 is 2.38 bits per heavy atom. The number of hydrogen-bond acceptors (Lipinski definition) is 4. The number of aryl methyl sites for hydroxylation is 1. The van der Waals surface area contributed by atoms with Crippen LogP contribution >= 0.6 is 11.6 Å². The Morgan fingerprint density at radius 2 is 1.69 bits per heavy atom. The van der Waals surface area contributed by atoms with Crippen LogP contribution in [0.25, 0.3) is 0 Å². The number of anilines is 1. The summed E-state index contributed by atoms with van der Waals surface area (Å²) in [5, 5.41) is 3.38. The first-order chi connectivity index (χ1) is 12.6. The summed E-state index contributed by atoms with van der Waals surface area (Å²) in [6.07, 6.45) is 0.913. The lowest BCUT2D eigenvalue weighted by Gasteiger charge is -2.13. The fourth-order valence-electron chi connectivity index (χ4n) is 2.50. The topological polar surface area (TPSA) is 56.8 Å². The van der Waals surface area contributed by atoms with Crippen molar-refractivity contribution in [2.75, 3.05) is 25.6 Å². The average molecular weight is 378 g/mol. The monoisotopic (exact) mass is 377 g/mol. The number of benzene rings is 2. The Hall–Kier alpha value is -2.40. The van der Waals surface area contributed by atoms with E-state index in [2.05, 4.69) is 5.32 Å². The van der Waals surface area contributed by atoms with Gasteiger partial charge in [-0.1, -0.05) is 17.7 Å². The van der Waals surface area contributed by atoms with Crippen LogP contribution in [0.4, 0.5) is 5.69 Å². The Kier molecular flexibility index (Phi) is 7.60. The number of nitrogens with one attached hydrogen (secondary N) is 1. The second kappa shape index (κ2) is 9.92. The van der Waals surface area contributed by atoms with E-state index in [9.17, 15) is 4.79 Å². The minimum absolute atomic E-state index is 0.114. The fraction of sp³-hybridized carbons (Fsp3) is 0.350. The van der Waals surface area contributed by atoms with Crippen LogP contribution < -0.4 is 19.5 Å². The summed E-state index contributed by atoms with van der Waals surface area (Å²) in [4.78, 5) is 12.3. The maximum Gasteiger partial charge on any atom is 0.224 e. The summed E-state index contributed by atoms with van der Waals surface area (Å²) in [6, 6.07) is 10.8. The van der Waals surface area contributed by atoms with E-state index in [0.29, 0.717) is 54.0 Å². The molecule has 0 spiro atoms. The Morgan fingerprint density at radius 1 is 1.00 bits per heavy atom. The SMILES string of the molecule is CCOc1ccc(CCC(=O)Nc2cc(Cl)ccc2OC)cc1OCC. The molecule has 0 fully saturated rings. The first kappa shape index (κ1) is 19.9. The normalized spacial score (nSPS) is 10.3. The van der Waals surface area contributed by atoms with Crippen molar-refractivity contribution in [2.45, 2.75) is 26.7 Å². The fourth-order valence-corrected chi connectivity index (χ4v) is 2.67. The highest BCUT2D eigenvalue weighted by molar-refractivity contribution is 6.31. The second-order valence-electron chi connectivity index (χ2n) is 5.54. The van der Waals surface area contributed by atoms with E-state index in [-0.39, 0.29) is 5.91 Å². The molecule has 0 aromatic heterocycles. The molecule has 140 valence electrons. The first-order valence-electron chi connectivity index (χ1n) is 8.59. The van der Waals surface area contributed by atoms with E-state index in [4.69, 9.17) is 25.8 Å². The highest BCUT2D eigenvalue weighted by atomic mass is 35.5. The maximum absolute atomic E-state index is 12.3. The lowest BCUT2D eigenvalue weighted by atomic mass is 10.1. The molecule has 0 saturated carbocycles. The molecule has 2 rings (SSSR count). The number of carbonyl (C=O) groups is 1. The van der Waals surface area contributed by atoms with Gasteiger partial charge in [0, 0.05) is 11.4 Å². The van der Waals surface area contributed by atoms with Crippen molar-refractivity contribution < 1.29 is 19.0 Å². The smallest absolute Gasteiger partial charge is 0.224 e. The lowest BCUT2D eigenvalue weighted by molar-refractivity contribution is -0.116. The van der Waals surface area contributed by atoms with Crippen molar-refractivity contribution in [2.24, 2.45) is 0 Å². The molecule has 0 aliphatic rings. The van der Waals surface area contributed by atoms with E-state index < -0.39 is 0 Å². The molecule has 0 unspecified atom stereocenters. The van der Waals surface area contributed by atoms with Gasteiger partial charge >= 0.3 is 0 Å². The van der Waals surface area contributed by atoms with Gasteiger partial charge in [0.05, 0.1) is 26.0 Å². The third kappa shape index (κ3) is 5.56. The summed E-state index contributed by atoms with van der Waals surface area (Å²) in [6.45, 7) is 4.98. The van der Waals surface area contributed by atoms with Crippen molar-refractivity contribution in [3.8, 4) is 17.2 Å². The summed E-state index contributed by atoms with van der Waals surface area (Å²) in [7, 11) is 1.55. The largest absolute Gasteiger partial charge is 0.495 e. The van der Waals surface area contributed by atoms with E-state index in [0.717, 1.165) is 5.56 Å². The number of amides is 1. The number of rotatable bonds is 9. The van der Waals surface area contributed by atoms with E-state index in [1.807, 2.05) is 32.0 Å². The molecule has 0 aliphatic heterocycles. The van der Waals surface area contributed by atoms with Crippen molar-refractivity contribution in [1.29, 1.82) is 0 Å². The quantitative estimate of drug-likeness (QED) is 0.687. The van der Waals surface area contributed by atoms with Gasteiger partial charge in [-0.05, 0) is 56.2 Å². The Bertz CT molecular complexity index is 749. The molecule has 0 saturated heterocycles. The van der Waals surface area contributed by atoms with Gasteiger partial charge in [-0.25, -0.2) is 0 Å². The molecule has 2 aromatic carbocycles. The number of hydrogen-bond donors (Lipinski definition) is 1. The van der Waals surface area contributed by atoms with Crippen LogP contribution in [-0.2, 0) is 11.2 Å². The summed E-state index contributed by atoms with van der Waals surface area (Å²) < 4.78 is 16.4. The van der Waals surface area contributed by atoms with Gasteiger partial charge in [0.1, 0.15) is 5.75 Å². The molecule has 26 heavy (non-hydrogen) atoms. The van der Waals surface area contributed by atoms with Crippen LogP contribution in [-0.4, -0.2) is 26.2 Å². The maximum atomic E-state index is 12.3. The van der Waals surface area contributed by atoms with Crippen molar-refractivity contribution in [1.82, 2.24) is 0 Å². The Balaban J connectivity index is 2.01. The molecule has 0 atom stereocenters. The number of ether oxygens (including phenoxy) is 3. The van der Waals surface area contributed by atoms with Gasteiger partial charge in [0.2, 0.25) is 5.91 Å². The van der Waals surface area contributed by atoms with Gasteiger partial charge in [0.25, 0.3) is 0 Å². The van der Waals surface area contributed by atoms with Crippen LogP contribution in [0.2, 0.25) is 5.02 Å². The highest BCUT2D eigenvalue weighted by Gasteiger charge is 2.10. The van der Waals surface area contributed by atoms with Crippen molar-refractivity contribution in [3.05, 3.63) is 47.0 Å². The summed E-state index contributed by atoms with van der Waals surface area (Å²) in [5.41, 5.74) is 1.57. The third-order valence-electron chi connectivity index (χ3n) is 3.68. The lowest BCUT2D eigenvalue weighted by Crippen LogP contribution is -2.13. The zero-order valence-electron chi connectivity index (χ0n) is 15.3. The van der Waals surface area contributed by atoms with Gasteiger partial charge in [-0.3, -0.25) is 4.79 Å². The number of carbonyl (C=O) groups excluding carboxylic acids is 1. The zero-order chi connectivity index (χ0) is 18.9. The first-order valence-corrected chi connectivity index (χ1v) is 8.97. The van der Waals surface area contributed by atoms with Gasteiger partial charge in [-0.2, -0.15) is 0 Å². The minimum atomic E-state index is -0.114. The van der Waals surface area contributed by atoms with E-state index >= 15 is 0 Å². The van der Waals surface area contributed by atoms with Gasteiger partial charge < -0.3 is 19.5 Å². The summed E-state index contributed by atoms with van der Waals surface area (Å²) >= 11 is 5.99. The van der Waals surface area contributed by atoms with E-state index in [1.165, 1.54) is 0 Å². The molecule has 0 aliphatic carbocycles. The molecule has 0 bridgehead atoms. The van der Waals surface area contributed by atoms with Crippen LogP contribution in [0.1, 0.15) is 25.8 Å². The molecule has 1 amide bonds. The molecule has 5 nitrogen and oxygen atoms in total. The summed E-state index contributed by atoms with van der Waals surface area (Å²) in [5.74, 6) is 1.87. The average Bonchev–Trinajstić information content (AvgIpc) is 2.62. The molecule has 2 aromatic rings. The third-order valence-corrected chi connectivity index (χ3v) is 3.92. The molecule has 0 radical (unpaired) electrons. The predicted octanol–water partition coefficient (Wildman–Crippen LogP) is 4.72. The zero-order valence-corrected chi connectivity index (χ0v) is 16.1.